The summed E-state index contributed by atoms with van der Waals surface area (Å²) in [5.41, 5.74) is 1.58. The fourth-order valence-electron chi connectivity index (χ4n) is 2.52. The lowest BCUT2D eigenvalue weighted by Gasteiger charge is -2.29. The number of hydrogen-bond acceptors (Lipinski definition) is 3. The fourth-order valence-corrected chi connectivity index (χ4v) is 2.52. The molecular weight excluding hydrogens is 288 g/mol. The molecule has 0 amide bonds. The molecule has 0 aromatic heterocycles. The zero-order chi connectivity index (χ0) is 16.3. The van der Waals surface area contributed by atoms with Crippen LogP contribution in [0, 0.1) is 5.92 Å². The molecule has 1 atom stereocenters. The van der Waals surface area contributed by atoms with Crippen LogP contribution in [0.5, 0.6) is 0 Å². The minimum absolute atomic E-state index is 0.178. The first-order chi connectivity index (χ1) is 11.1. The highest BCUT2D eigenvalue weighted by molar-refractivity contribution is 6.04. The highest BCUT2D eigenvalue weighted by Gasteiger charge is 2.48. The van der Waals surface area contributed by atoms with Crippen LogP contribution in [0.2, 0.25) is 0 Å². The maximum atomic E-state index is 12.8. The first kappa shape index (κ1) is 15.5. The largest absolute Gasteiger partial charge is 0.450 e. The van der Waals surface area contributed by atoms with Gasteiger partial charge < -0.3 is 9.47 Å². The lowest BCUT2D eigenvalue weighted by atomic mass is 10.0. The molecule has 3 heteroatoms. The van der Waals surface area contributed by atoms with Crippen LogP contribution in [-0.2, 0) is 20.1 Å². The summed E-state index contributed by atoms with van der Waals surface area (Å²) in [4.78, 5) is 12.8. The topological polar surface area (TPSA) is 35.5 Å². The van der Waals surface area contributed by atoms with Crippen molar-refractivity contribution in [2.45, 2.75) is 19.6 Å². The summed E-state index contributed by atoms with van der Waals surface area (Å²) in [6.45, 7) is 4.53. The Kier molecular flexibility index (Phi) is 4.30. The number of carbonyl (C=O) groups is 1. The summed E-state index contributed by atoms with van der Waals surface area (Å²) in [6.07, 6.45) is 1.53. The molecule has 1 heterocycles. The van der Waals surface area contributed by atoms with Gasteiger partial charge in [-0.25, -0.2) is 0 Å². The van der Waals surface area contributed by atoms with Gasteiger partial charge in [-0.15, -0.1) is 0 Å². The first-order valence-electron chi connectivity index (χ1n) is 7.82. The third-order valence-electron chi connectivity index (χ3n) is 3.67. The standard InChI is InChI=1S/C20H20O3/c1-15(2)14-22-20(17-11-7-4-8-12-17)19(21)13-18(23-20)16-9-5-3-6-10-16/h3-13,15H,14H2,1-2H3. The second-order valence-corrected chi connectivity index (χ2v) is 6.03. The zero-order valence-corrected chi connectivity index (χ0v) is 13.4. The Morgan fingerprint density at radius 2 is 1.61 bits per heavy atom. The van der Waals surface area contributed by atoms with E-state index in [4.69, 9.17) is 9.47 Å². The predicted molar refractivity (Wildman–Crippen MR) is 89.4 cm³/mol. The summed E-state index contributed by atoms with van der Waals surface area (Å²) in [5, 5.41) is 0. The van der Waals surface area contributed by atoms with Crippen molar-refractivity contribution < 1.29 is 14.3 Å². The average molecular weight is 308 g/mol. The summed E-state index contributed by atoms with van der Waals surface area (Å²) >= 11 is 0. The van der Waals surface area contributed by atoms with E-state index >= 15 is 0 Å². The van der Waals surface area contributed by atoms with Crippen LogP contribution in [0.3, 0.4) is 0 Å². The number of rotatable bonds is 5. The zero-order valence-electron chi connectivity index (χ0n) is 13.4. The minimum atomic E-state index is -1.38. The molecule has 0 fully saturated rings. The second-order valence-electron chi connectivity index (χ2n) is 6.03. The average Bonchev–Trinajstić information content (AvgIpc) is 2.92. The van der Waals surface area contributed by atoms with Crippen molar-refractivity contribution in [1.82, 2.24) is 0 Å². The van der Waals surface area contributed by atoms with E-state index in [-0.39, 0.29) is 5.78 Å². The van der Waals surface area contributed by atoms with Gasteiger partial charge in [0.05, 0.1) is 6.61 Å². The second kappa shape index (κ2) is 6.39. The quantitative estimate of drug-likeness (QED) is 0.832. The Hall–Kier alpha value is -2.39. The van der Waals surface area contributed by atoms with E-state index < -0.39 is 5.79 Å². The Morgan fingerprint density at radius 1 is 1.00 bits per heavy atom. The van der Waals surface area contributed by atoms with Gasteiger partial charge >= 0.3 is 5.79 Å². The van der Waals surface area contributed by atoms with Gasteiger partial charge in [-0.1, -0.05) is 74.5 Å². The fraction of sp³-hybridized carbons (Fsp3) is 0.250. The number of carbonyl (C=O) groups excluding carboxylic acids is 1. The Balaban J connectivity index is 1.97. The van der Waals surface area contributed by atoms with Gasteiger partial charge in [0.2, 0.25) is 5.78 Å². The highest BCUT2D eigenvalue weighted by Crippen LogP contribution is 2.40. The van der Waals surface area contributed by atoms with Gasteiger partial charge in [0, 0.05) is 17.2 Å². The summed E-state index contributed by atoms with van der Waals surface area (Å²) in [5.74, 6) is -0.712. The third kappa shape index (κ3) is 3.06. The van der Waals surface area contributed by atoms with Crippen molar-refractivity contribution in [3.05, 3.63) is 77.9 Å². The maximum absolute atomic E-state index is 12.8. The number of hydrogen-bond donors (Lipinski definition) is 0. The first-order valence-corrected chi connectivity index (χ1v) is 7.82. The van der Waals surface area contributed by atoms with E-state index in [9.17, 15) is 4.79 Å². The molecule has 1 unspecified atom stereocenters. The molecule has 3 rings (SSSR count). The summed E-state index contributed by atoms with van der Waals surface area (Å²) in [7, 11) is 0. The van der Waals surface area contributed by atoms with Crippen LogP contribution in [0.25, 0.3) is 5.76 Å². The number of ether oxygens (including phenoxy) is 2. The van der Waals surface area contributed by atoms with E-state index in [2.05, 4.69) is 0 Å². The molecule has 1 aliphatic heterocycles. The molecular formula is C20H20O3. The molecule has 0 spiro atoms. The van der Waals surface area contributed by atoms with Gasteiger partial charge in [0.1, 0.15) is 5.76 Å². The normalized spacial score (nSPS) is 20.5. The third-order valence-corrected chi connectivity index (χ3v) is 3.67. The molecule has 0 radical (unpaired) electrons. The van der Waals surface area contributed by atoms with Crippen LogP contribution >= 0.6 is 0 Å². The van der Waals surface area contributed by atoms with E-state index in [0.29, 0.717) is 23.8 Å². The monoisotopic (exact) mass is 308 g/mol. The lowest BCUT2D eigenvalue weighted by molar-refractivity contribution is -0.201. The maximum Gasteiger partial charge on any atom is 0.301 e. The SMILES string of the molecule is CC(C)COC1(c2ccccc2)OC(c2ccccc2)=CC1=O. The van der Waals surface area contributed by atoms with Gasteiger partial charge in [0.25, 0.3) is 0 Å². The predicted octanol–water partition coefficient (Wildman–Crippen LogP) is 4.15. The van der Waals surface area contributed by atoms with Gasteiger partial charge in [0.15, 0.2) is 0 Å². The number of ketones is 1. The molecule has 0 saturated heterocycles. The molecule has 2 aromatic carbocycles. The Morgan fingerprint density at radius 3 is 2.22 bits per heavy atom. The molecule has 0 aliphatic carbocycles. The van der Waals surface area contributed by atoms with Crippen molar-refractivity contribution in [2.75, 3.05) is 6.61 Å². The van der Waals surface area contributed by atoms with Crippen molar-refractivity contribution in [2.24, 2.45) is 5.92 Å². The molecule has 0 N–H and O–H groups in total. The van der Waals surface area contributed by atoms with Crippen molar-refractivity contribution in [1.29, 1.82) is 0 Å². The molecule has 3 nitrogen and oxygen atoms in total. The Labute approximate surface area is 136 Å². The van der Waals surface area contributed by atoms with E-state index in [1.165, 1.54) is 6.08 Å². The molecule has 23 heavy (non-hydrogen) atoms. The van der Waals surface area contributed by atoms with Crippen molar-refractivity contribution in [3.63, 3.8) is 0 Å². The lowest BCUT2D eigenvalue weighted by Crippen LogP contribution is -2.37. The van der Waals surface area contributed by atoms with Gasteiger partial charge in [-0.2, -0.15) is 0 Å². The van der Waals surface area contributed by atoms with E-state index in [0.717, 1.165) is 5.56 Å². The van der Waals surface area contributed by atoms with Crippen molar-refractivity contribution >= 4 is 11.5 Å². The summed E-state index contributed by atoms with van der Waals surface area (Å²) < 4.78 is 12.1. The van der Waals surface area contributed by atoms with E-state index in [1.54, 1.807) is 0 Å². The van der Waals surface area contributed by atoms with Gasteiger partial charge in [-0.3, -0.25) is 4.79 Å². The molecule has 0 saturated carbocycles. The minimum Gasteiger partial charge on any atom is -0.450 e. The molecule has 2 aromatic rings. The van der Waals surface area contributed by atoms with Crippen LogP contribution in [0.1, 0.15) is 25.0 Å². The number of benzene rings is 2. The summed E-state index contributed by atoms with van der Waals surface area (Å²) in [6, 6.07) is 19.0. The van der Waals surface area contributed by atoms with Crippen LogP contribution < -0.4 is 0 Å². The van der Waals surface area contributed by atoms with Crippen LogP contribution in [0.15, 0.2) is 66.7 Å². The molecule has 118 valence electrons. The molecule has 1 aliphatic rings. The highest BCUT2D eigenvalue weighted by atomic mass is 16.7. The molecule has 0 bridgehead atoms. The van der Waals surface area contributed by atoms with Crippen LogP contribution in [0.4, 0.5) is 0 Å². The Bertz CT molecular complexity index is 704. The van der Waals surface area contributed by atoms with Gasteiger partial charge in [-0.05, 0) is 5.92 Å². The van der Waals surface area contributed by atoms with E-state index in [1.807, 2.05) is 74.5 Å². The van der Waals surface area contributed by atoms with Crippen molar-refractivity contribution in [3.8, 4) is 0 Å². The van der Waals surface area contributed by atoms with Crippen LogP contribution in [-0.4, -0.2) is 12.4 Å². The smallest absolute Gasteiger partial charge is 0.301 e.